The molecule has 1 saturated heterocycles. The van der Waals surface area contributed by atoms with Crippen molar-refractivity contribution in [1.29, 1.82) is 0 Å². The van der Waals surface area contributed by atoms with E-state index in [9.17, 15) is 19.7 Å². The van der Waals surface area contributed by atoms with Crippen LogP contribution < -0.4 is 16.0 Å². The van der Waals surface area contributed by atoms with Gasteiger partial charge in [-0.1, -0.05) is 18.9 Å². The lowest BCUT2D eigenvalue weighted by Crippen LogP contribution is -2.65. The van der Waals surface area contributed by atoms with Crippen molar-refractivity contribution in [3.63, 3.8) is 0 Å². The highest BCUT2D eigenvalue weighted by Gasteiger charge is 2.36. The summed E-state index contributed by atoms with van der Waals surface area (Å²) in [5.41, 5.74) is 0.257. The lowest BCUT2D eigenvalue weighted by molar-refractivity contribution is -0.384. The first-order valence-electron chi connectivity index (χ1n) is 8.13. The predicted molar refractivity (Wildman–Crippen MR) is 87.5 cm³/mol. The summed E-state index contributed by atoms with van der Waals surface area (Å²) in [6.45, 7) is 0. The van der Waals surface area contributed by atoms with Gasteiger partial charge in [-0.25, -0.2) is 0 Å². The first-order chi connectivity index (χ1) is 11.5. The van der Waals surface area contributed by atoms with E-state index in [1.165, 1.54) is 18.2 Å². The maximum atomic E-state index is 12.2. The maximum Gasteiger partial charge on any atom is 0.271 e. The molecule has 128 valence electrons. The number of hydrogen-bond acceptors (Lipinski definition) is 5. The number of benzene rings is 1. The van der Waals surface area contributed by atoms with Crippen molar-refractivity contribution >= 4 is 23.2 Å². The van der Waals surface area contributed by atoms with Crippen LogP contribution in [0.15, 0.2) is 24.3 Å². The van der Waals surface area contributed by atoms with E-state index >= 15 is 0 Å². The quantitative estimate of drug-likeness (QED) is 0.568. The molecule has 1 aliphatic heterocycles. The molecule has 3 atom stereocenters. The monoisotopic (exact) mass is 332 g/mol. The average molecular weight is 332 g/mol. The van der Waals surface area contributed by atoms with Crippen LogP contribution in [-0.2, 0) is 9.59 Å². The van der Waals surface area contributed by atoms with Gasteiger partial charge in [-0.3, -0.25) is 19.7 Å². The van der Waals surface area contributed by atoms with E-state index in [1.54, 1.807) is 6.07 Å². The molecule has 0 unspecified atom stereocenters. The van der Waals surface area contributed by atoms with Gasteiger partial charge in [0.2, 0.25) is 11.8 Å². The minimum atomic E-state index is -0.567. The van der Waals surface area contributed by atoms with E-state index in [2.05, 4.69) is 16.0 Å². The Hall–Kier alpha value is -2.48. The fourth-order valence-electron chi connectivity index (χ4n) is 3.37. The molecular formula is C16H20N4O4. The molecule has 0 bridgehead atoms. The molecule has 0 spiro atoms. The van der Waals surface area contributed by atoms with Gasteiger partial charge in [-0.05, 0) is 18.9 Å². The third kappa shape index (κ3) is 3.70. The van der Waals surface area contributed by atoms with Crippen molar-refractivity contribution in [1.82, 2.24) is 10.6 Å². The van der Waals surface area contributed by atoms with Crippen LogP contribution in [0.3, 0.4) is 0 Å². The maximum absolute atomic E-state index is 12.2. The number of nitrogens with one attached hydrogen (secondary N) is 3. The van der Waals surface area contributed by atoms with Crippen molar-refractivity contribution in [2.45, 2.75) is 50.2 Å². The second kappa shape index (κ2) is 6.96. The van der Waals surface area contributed by atoms with Crippen molar-refractivity contribution in [2.75, 3.05) is 5.32 Å². The molecule has 1 aromatic rings. The lowest BCUT2D eigenvalue weighted by atomic mass is 9.87. The number of nitro groups is 1. The van der Waals surface area contributed by atoms with Gasteiger partial charge in [-0.2, -0.15) is 0 Å². The van der Waals surface area contributed by atoms with Crippen LogP contribution in [-0.4, -0.2) is 34.9 Å². The molecule has 3 N–H and O–H groups in total. The Morgan fingerprint density at radius 2 is 2.04 bits per heavy atom. The Bertz CT molecular complexity index is 663. The van der Waals surface area contributed by atoms with E-state index in [-0.39, 0.29) is 36.0 Å². The van der Waals surface area contributed by atoms with Crippen LogP contribution in [0.25, 0.3) is 0 Å². The number of fused-ring (bicyclic) bond motifs is 1. The Balaban J connectivity index is 1.59. The number of rotatable bonds is 4. The third-order valence-corrected chi connectivity index (χ3v) is 4.56. The normalized spacial score (nSPS) is 26.2. The van der Waals surface area contributed by atoms with Crippen molar-refractivity contribution in [2.24, 2.45) is 0 Å². The zero-order valence-electron chi connectivity index (χ0n) is 13.2. The number of non-ortho nitro benzene ring substituents is 1. The number of nitrogens with zero attached hydrogens (tertiary/aromatic N) is 1. The predicted octanol–water partition coefficient (Wildman–Crippen LogP) is 1.32. The number of carbonyl (C=O) groups excluding carboxylic acids is 2. The second-order valence-corrected chi connectivity index (χ2v) is 6.29. The Kier molecular flexibility index (Phi) is 4.75. The number of anilines is 1. The van der Waals surface area contributed by atoms with E-state index < -0.39 is 11.0 Å². The van der Waals surface area contributed by atoms with Gasteiger partial charge in [0.15, 0.2) is 0 Å². The molecule has 24 heavy (non-hydrogen) atoms. The SMILES string of the molecule is O=C(C[C@@H]1N[C@H]2CCCC[C@H]2NC1=O)Nc1cccc([N+](=O)[O-])c1. The third-order valence-electron chi connectivity index (χ3n) is 4.56. The molecule has 1 heterocycles. The van der Waals surface area contributed by atoms with Gasteiger partial charge in [0, 0.05) is 29.9 Å². The molecule has 3 rings (SSSR count). The highest BCUT2D eigenvalue weighted by atomic mass is 16.6. The van der Waals surface area contributed by atoms with Gasteiger partial charge in [0.25, 0.3) is 5.69 Å². The molecule has 2 fully saturated rings. The van der Waals surface area contributed by atoms with Crippen LogP contribution in [0.4, 0.5) is 11.4 Å². The highest BCUT2D eigenvalue weighted by molar-refractivity contribution is 5.96. The largest absolute Gasteiger partial charge is 0.350 e. The number of piperazine rings is 1. The molecule has 1 aliphatic carbocycles. The molecule has 8 heteroatoms. The van der Waals surface area contributed by atoms with Gasteiger partial charge in [0.05, 0.1) is 17.4 Å². The Labute approximate surface area is 139 Å². The first kappa shape index (κ1) is 16.4. The van der Waals surface area contributed by atoms with Crippen LogP contribution in [0.1, 0.15) is 32.1 Å². The van der Waals surface area contributed by atoms with E-state index in [0.29, 0.717) is 5.69 Å². The summed E-state index contributed by atoms with van der Waals surface area (Å²) in [6, 6.07) is 5.54. The van der Waals surface area contributed by atoms with Crippen molar-refractivity contribution < 1.29 is 14.5 Å². The zero-order valence-corrected chi connectivity index (χ0v) is 13.2. The second-order valence-electron chi connectivity index (χ2n) is 6.29. The minimum absolute atomic E-state index is 0.00224. The van der Waals surface area contributed by atoms with Crippen LogP contribution >= 0.6 is 0 Å². The fraction of sp³-hybridized carbons (Fsp3) is 0.500. The molecule has 2 amide bonds. The number of amides is 2. The summed E-state index contributed by atoms with van der Waals surface area (Å²) in [7, 11) is 0. The standard InChI is InChI=1S/C16H20N4O4/c21-15(17-10-4-3-5-11(8-10)20(23)24)9-14-16(22)19-13-7-2-1-6-12(13)18-14/h3-5,8,12-14,18H,1-2,6-7,9H2,(H,17,21)(H,19,22)/t12-,13+,14-/m0/s1. The molecule has 1 aromatic carbocycles. The number of carbonyl (C=O) groups is 2. The molecule has 1 saturated carbocycles. The van der Waals surface area contributed by atoms with Crippen molar-refractivity contribution in [3.05, 3.63) is 34.4 Å². The Morgan fingerprint density at radius 1 is 1.29 bits per heavy atom. The summed E-state index contributed by atoms with van der Waals surface area (Å²) in [5.74, 6) is -0.509. The van der Waals surface area contributed by atoms with Gasteiger partial charge >= 0.3 is 0 Å². The summed E-state index contributed by atoms with van der Waals surface area (Å²) in [6.07, 6.45) is 4.19. The topological polar surface area (TPSA) is 113 Å². The fourth-order valence-corrected chi connectivity index (χ4v) is 3.37. The molecule has 2 aliphatic rings. The average Bonchev–Trinajstić information content (AvgIpc) is 2.55. The first-order valence-corrected chi connectivity index (χ1v) is 8.13. The van der Waals surface area contributed by atoms with Gasteiger partial charge in [0.1, 0.15) is 0 Å². The zero-order chi connectivity index (χ0) is 17.1. The summed E-state index contributed by atoms with van der Waals surface area (Å²) in [5, 5.41) is 19.6. The summed E-state index contributed by atoms with van der Waals surface area (Å²) < 4.78 is 0. The van der Waals surface area contributed by atoms with Crippen molar-refractivity contribution in [3.8, 4) is 0 Å². The van der Waals surface area contributed by atoms with E-state index in [0.717, 1.165) is 25.7 Å². The molecular weight excluding hydrogens is 312 g/mol. The molecule has 8 nitrogen and oxygen atoms in total. The Morgan fingerprint density at radius 3 is 2.79 bits per heavy atom. The molecule has 0 radical (unpaired) electrons. The summed E-state index contributed by atoms with van der Waals surface area (Å²) in [4.78, 5) is 34.5. The number of nitro benzene ring substituents is 1. The van der Waals surface area contributed by atoms with Crippen LogP contribution in [0.2, 0.25) is 0 Å². The van der Waals surface area contributed by atoms with E-state index in [1.807, 2.05) is 0 Å². The molecule has 0 aromatic heterocycles. The van der Waals surface area contributed by atoms with E-state index in [4.69, 9.17) is 0 Å². The highest BCUT2D eigenvalue weighted by Crippen LogP contribution is 2.23. The number of hydrogen-bond donors (Lipinski definition) is 3. The van der Waals surface area contributed by atoms with Crippen LogP contribution in [0.5, 0.6) is 0 Å². The van der Waals surface area contributed by atoms with Crippen LogP contribution in [0, 0.1) is 10.1 Å². The summed E-state index contributed by atoms with van der Waals surface area (Å²) >= 11 is 0. The lowest BCUT2D eigenvalue weighted by Gasteiger charge is -2.40. The van der Waals surface area contributed by atoms with Gasteiger partial charge < -0.3 is 16.0 Å². The smallest absolute Gasteiger partial charge is 0.271 e. The van der Waals surface area contributed by atoms with Gasteiger partial charge in [-0.15, -0.1) is 0 Å². The minimum Gasteiger partial charge on any atom is -0.350 e.